The van der Waals surface area contributed by atoms with Gasteiger partial charge in [0, 0.05) is 18.9 Å². The fourth-order valence-electron chi connectivity index (χ4n) is 1.82. The topological polar surface area (TPSA) is 49.0 Å². The summed E-state index contributed by atoms with van der Waals surface area (Å²) < 4.78 is 15.1. The van der Waals surface area contributed by atoms with E-state index in [9.17, 15) is 9.50 Å². The molecule has 0 aliphatic rings. The summed E-state index contributed by atoms with van der Waals surface area (Å²) >= 11 is 0. The molecule has 0 saturated heterocycles. The van der Waals surface area contributed by atoms with Gasteiger partial charge in [-0.05, 0) is 42.3 Å². The molecule has 1 atom stereocenters. The number of hydrogen-bond acceptors (Lipinski definition) is 2. The lowest BCUT2D eigenvalue weighted by molar-refractivity contribution is 0.199. The van der Waals surface area contributed by atoms with Gasteiger partial charge in [-0.15, -0.1) is 0 Å². The Hall–Kier alpha value is -2.12. The van der Waals surface area contributed by atoms with Crippen LogP contribution in [0.4, 0.5) is 4.39 Å². The molecule has 92 valence electrons. The minimum absolute atomic E-state index is 0.313. The summed E-state index contributed by atoms with van der Waals surface area (Å²) in [6, 6.07) is 8.02. The smallest absolute Gasteiger partial charge is 0.124 e. The molecule has 0 saturated carbocycles. The number of halogens is 1. The van der Waals surface area contributed by atoms with Gasteiger partial charge in [0.2, 0.25) is 0 Å². The molecule has 1 aromatic carbocycles. The number of aliphatic hydroxyl groups is 1. The average Bonchev–Trinajstić information content (AvgIpc) is 2.76. The lowest BCUT2D eigenvalue weighted by Gasteiger charge is -2.05. The largest absolute Gasteiger partial charge is 0.389 e. The highest BCUT2D eigenvalue weighted by Gasteiger charge is 2.05. The lowest BCUT2D eigenvalue weighted by Crippen LogP contribution is -1.98. The Balaban J connectivity index is 2.23. The maximum Gasteiger partial charge on any atom is 0.124 e. The van der Waals surface area contributed by atoms with Crippen molar-refractivity contribution in [2.24, 2.45) is 0 Å². The second kappa shape index (κ2) is 5.03. The maximum absolute atomic E-state index is 13.3. The predicted molar refractivity (Wildman–Crippen MR) is 65.3 cm³/mol. The molecule has 0 aliphatic heterocycles. The summed E-state index contributed by atoms with van der Waals surface area (Å²) in [7, 11) is 0. The van der Waals surface area contributed by atoms with Crippen LogP contribution in [-0.4, -0.2) is 9.67 Å². The monoisotopic (exact) mass is 244 g/mol. The van der Waals surface area contributed by atoms with Gasteiger partial charge in [0.25, 0.3) is 0 Å². The van der Waals surface area contributed by atoms with Gasteiger partial charge < -0.3 is 9.67 Å². The molecule has 1 heterocycles. The van der Waals surface area contributed by atoms with E-state index in [1.165, 1.54) is 12.1 Å². The van der Waals surface area contributed by atoms with E-state index >= 15 is 0 Å². The van der Waals surface area contributed by atoms with E-state index in [2.05, 4.69) is 0 Å². The van der Waals surface area contributed by atoms with Crippen LogP contribution >= 0.6 is 0 Å². The number of aliphatic hydroxyl groups excluding tert-OH is 1. The Morgan fingerprint density at radius 1 is 1.44 bits per heavy atom. The van der Waals surface area contributed by atoms with Crippen molar-refractivity contribution in [1.82, 2.24) is 4.57 Å². The van der Waals surface area contributed by atoms with Gasteiger partial charge in [0.15, 0.2) is 0 Å². The van der Waals surface area contributed by atoms with Crippen molar-refractivity contribution < 1.29 is 9.50 Å². The van der Waals surface area contributed by atoms with Crippen LogP contribution in [0.1, 0.15) is 29.7 Å². The molecule has 0 aliphatic carbocycles. The summed E-state index contributed by atoms with van der Waals surface area (Å²) in [6.07, 6.45) is 3.11. The Morgan fingerprint density at radius 2 is 2.22 bits per heavy atom. The van der Waals surface area contributed by atoms with Crippen LogP contribution in [0.25, 0.3) is 0 Å². The maximum atomic E-state index is 13.3. The third kappa shape index (κ3) is 2.76. The Bertz CT molecular complexity index is 596. The minimum Gasteiger partial charge on any atom is -0.389 e. The first-order valence-electron chi connectivity index (χ1n) is 5.62. The van der Waals surface area contributed by atoms with Crippen LogP contribution in [0.2, 0.25) is 0 Å². The predicted octanol–water partition coefficient (Wildman–Crippen LogP) is 2.60. The van der Waals surface area contributed by atoms with E-state index in [1.54, 1.807) is 13.0 Å². The number of benzene rings is 1. The molecule has 1 N–H and O–H groups in total. The molecular weight excluding hydrogens is 231 g/mol. The van der Waals surface area contributed by atoms with Crippen molar-refractivity contribution in [3.05, 3.63) is 59.2 Å². The van der Waals surface area contributed by atoms with Crippen LogP contribution in [0.15, 0.2) is 36.7 Å². The van der Waals surface area contributed by atoms with Gasteiger partial charge in [0.1, 0.15) is 5.82 Å². The molecule has 0 fully saturated rings. The van der Waals surface area contributed by atoms with E-state index in [4.69, 9.17) is 5.26 Å². The van der Waals surface area contributed by atoms with Gasteiger partial charge in [-0.3, -0.25) is 0 Å². The zero-order chi connectivity index (χ0) is 13.1. The zero-order valence-corrected chi connectivity index (χ0v) is 9.97. The first-order chi connectivity index (χ1) is 8.58. The third-order valence-electron chi connectivity index (χ3n) is 2.71. The number of hydrogen-bond donors (Lipinski definition) is 1. The fourth-order valence-corrected chi connectivity index (χ4v) is 1.82. The molecule has 1 aromatic heterocycles. The molecule has 2 rings (SSSR count). The van der Waals surface area contributed by atoms with E-state index in [1.807, 2.05) is 29.1 Å². The summed E-state index contributed by atoms with van der Waals surface area (Å²) in [6.45, 7) is 2.16. The molecule has 0 radical (unpaired) electrons. The number of nitriles is 1. The second-order valence-corrected chi connectivity index (χ2v) is 4.25. The van der Waals surface area contributed by atoms with Crippen LogP contribution in [0.5, 0.6) is 0 Å². The van der Waals surface area contributed by atoms with E-state index in [0.29, 0.717) is 12.1 Å². The van der Waals surface area contributed by atoms with Crippen LogP contribution in [0, 0.1) is 17.1 Å². The van der Waals surface area contributed by atoms with Crippen molar-refractivity contribution in [2.45, 2.75) is 19.6 Å². The molecule has 18 heavy (non-hydrogen) atoms. The third-order valence-corrected chi connectivity index (χ3v) is 2.71. The highest BCUT2D eigenvalue weighted by Crippen LogP contribution is 2.15. The number of nitrogens with zero attached hydrogens (tertiary/aromatic N) is 2. The van der Waals surface area contributed by atoms with Gasteiger partial charge >= 0.3 is 0 Å². The van der Waals surface area contributed by atoms with Gasteiger partial charge in [-0.25, -0.2) is 4.39 Å². The number of rotatable bonds is 3. The Kier molecular flexibility index (Phi) is 3.45. The van der Waals surface area contributed by atoms with E-state index in [0.717, 1.165) is 11.1 Å². The molecule has 0 spiro atoms. The standard InChI is InChI=1S/C14H13FN2O/c1-10(18)13-2-3-17(9-13)8-12-4-11(7-16)5-14(15)6-12/h2-6,9-10,18H,8H2,1H3. The quantitative estimate of drug-likeness (QED) is 0.902. The summed E-state index contributed by atoms with van der Waals surface area (Å²) in [5.74, 6) is -0.410. The zero-order valence-electron chi connectivity index (χ0n) is 9.97. The Labute approximate surface area is 105 Å². The molecule has 2 aromatic rings. The summed E-state index contributed by atoms with van der Waals surface area (Å²) in [5.41, 5.74) is 1.85. The normalized spacial score (nSPS) is 12.1. The molecule has 4 heteroatoms. The molecule has 0 bridgehead atoms. The van der Waals surface area contributed by atoms with E-state index < -0.39 is 11.9 Å². The molecule has 0 amide bonds. The van der Waals surface area contributed by atoms with E-state index in [-0.39, 0.29) is 0 Å². The highest BCUT2D eigenvalue weighted by molar-refractivity contribution is 5.34. The summed E-state index contributed by atoms with van der Waals surface area (Å²) in [5, 5.41) is 18.2. The van der Waals surface area contributed by atoms with Gasteiger partial charge in [0.05, 0.1) is 17.7 Å². The SMILES string of the molecule is CC(O)c1ccn(Cc2cc(F)cc(C#N)c2)c1. The van der Waals surface area contributed by atoms with Crippen molar-refractivity contribution in [3.63, 3.8) is 0 Å². The number of aromatic nitrogens is 1. The van der Waals surface area contributed by atoms with Crippen LogP contribution in [-0.2, 0) is 6.54 Å². The van der Waals surface area contributed by atoms with Crippen molar-refractivity contribution in [1.29, 1.82) is 5.26 Å². The second-order valence-electron chi connectivity index (χ2n) is 4.25. The first-order valence-corrected chi connectivity index (χ1v) is 5.62. The van der Waals surface area contributed by atoms with Crippen molar-refractivity contribution in [3.8, 4) is 6.07 Å². The Morgan fingerprint density at radius 3 is 2.83 bits per heavy atom. The molecule has 3 nitrogen and oxygen atoms in total. The summed E-state index contributed by atoms with van der Waals surface area (Å²) in [4.78, 5) is 0. The average molecular weight is 244 g/mol. The van der Waals surface area contributed by atoms with Gasteiger partial charge in [-0.2, -0.15) is 5.26 Å². The first kappa shape index (κ1) is 12.3. The highest BCUT2D eigenvalue weighted by atomic mass is 19.1. The molecular formula is C14H13FN2O. The minimum atomic E-state index is -0.520. The van der Waals surface area contributed by atoms with Gasteiger partial charge in [-0.1, -0.05) is 0 Å². The fraction of sp³-hybridized carbons (Fsp3) is 0.214. The lowest BCUT2D eigenvalue weighted by atomic mass is 10.1. The van der Waals surface area contributed by atoms with Crippen LogP contribution < -0.4 is 0 Å². The van der Waals surface area contributed by atoms with Crippen molar-refractivity contribution >= 4 is 0 Å². The molecule has 1 unspecified atom stereocenters. The van der Waals surface area contributed by atoms with Crippen molar-refractivity contribution in [2.75, 3.05) is 0 Å². The van der Waals surface area contributed by atoms with Crippen LogP contribution in [0.3, 0.4) is 0 Å².